The van der Waals surface area contributed by atoms with Gasteiger partial charge in [-0.3, -0.25) is 0 Å². The van der Waals surface area contributed by atoms with E-state index in [9.17, 15) is 0 Å². The molecular weight excluding hydrogens is 280 g/mol. The van der Waals surface area contributed by atoms with Gasteiger partial charge in [0.1, 0.15) is 0 Å². The summed E-state index contributed by atoms with van der Waals surface area (Å²) in [5.41, 5.74) is 2.76. The first kappa shape index (κ1) is 17.7. The molecule has 2 nitrogen and oxygen atoms in total. The van der Waals surface area contributed by atoms with Gasteiger partial charge in [-0.1, -0.05) is 60.7 Å². The highest BCUT2D eigenvalue weighted by molar-refractivity contribution is 5.15. The van der Waals surface area contributed by atoms with Crippen LogP contribution in [0, 0.1) is 6.92 Å². The van der Waals surface area contributed by atoms with Crippen molar-refractivity contribution in [1.29, 1.82) is 0 Å². The highest BCUT2D eigenvalue weighted by atomic mass is 15.1. The minimum absolute atomic E-state index is 0.358. The van der Waals surface area contributed by atoms with Crippen LogP contribution in [-0.2, 0) is 13.0 Å². The Bertz CT molecular complexity index is 538. The summed E-state index contributed by atoms with van der Waals surface area (Å²) < 4.78 is 0. The van der Waals surface area contributed by atoms with Gasteiger partial charge in [0.2, 0.25) is 0 Å². The van der Waals surface area contributed by atoms with Gasteiger partial charge in [-0.25, -0.2) is 0 Å². The lowest BCUT2D eigenvalue weighted by atomic mass is 10.1. The molecule has 0 aromatic heterocycles. The Morgan fingerprint density at radius 3 is 2.00 bits per heavy atom. The molecule has 0 heterocycles. The van der Waals surface area contributed by atoms with Crippen LogP contribution >= 0.6 is 0 Å². The highest BCUT2D eigenvalue weighted by Crippen LogP contribution is 2.08. The lowest BCUT2D eigenvalue weighted by molar-refractivity contribution is 0.234. The highest BCUT2D eigenvalue weighted by Gasteiger charge is 2.10. The fourth-order valence-corrected chi connectivity index (χ4v) is 2.70. The van der Waals surface area contributed by atoms with Crippen LogP contribution in [0.15, 0.2) is 60.7 Å². The quantitative estimate of drug-likeness (QED) is 0.693. The summed E-state index contributed by atoms with van der Waals surface area (Å²) in [6, 6.07) is 21.7. The van der Waals surface area contributed by atoms with Crippen molar-refractivity contribution in [2.24, 2.45) is 0 Å². The number of likely N-dealkylation sites (N-methyl/N-ethyl adjacent to an activating group) is 1. The molecule has 0 aliphatic rings. The van der Waals surface area contributed by atoms with E-state index in [0.717, 1.165) is 32.5 Å². The standard InChI is InChI=1S/C21H29N2/c1-19(23(3)17-15-20-10-6-4-7-11-20)14-16-22(2)18-21-12-8-5-9-13-21/h4-13,19H,1,14-18H2,2-3H3. The molecule has 0 saturated heterocycles. The van der Waals surface area contributed by atoms with Crippen LogP contribution in [0.25, 0.3) is 0 Å². The summed E-state index contributed by atoms with van der Waals surface area (Å²) in [6.45, 7) is 7.45. The van der Waals surface area contributed by atoms with Crippen molar-refractivity contribution < 1.29 is 0 Å². The second-order valence-electron chi connectivity index (χ2n) is 6.38. The predicted molar refractivity (Wildman–Crippen MR) is 99.3 cm³/mol. The van der Waals surface area contributed by atoms with Crippen LogP contribution < -0.4 is 0 Å². The van der Waals surface area contributed by atoms with Crippen LogP contribution in [0.5, 0.6) is 0 Å². The number of benzene rings is 2. The van der Waals surface area contributed by atoms with Gasteiger partial charge in [-0.15, -0.1) is 0 Å². The van der Waals surface area contributed by atoms with Gasteiger partial charge in [-0.2, -0.15) is 0 Å². The van der Waals surface area contributed by atoms with E-state index in [1.165, 1.54) is 11.1 Å². The molecule has 0 aliphatic carbocycles. The van der Waals surface area contributed by atoms with Gasteiger partial charge in [0.25, 0.3) is 0 Å². The summed E-state index contributed by atoms with van der Waals surface area (Å²) in [7, 11) is 4.36. The van der Waals surface area contributed by atoms with Crippen LogP contribution in [0.2, 0.25) is 0 Å². The van der Waals surface area contributed by atoms with E-state index in [1.54, 1.807) is 0 Å². The van der Waals surface area contributed by atoms with E-state index in [-0.39, 0.29) is 0 Å². The van der Waals surface area contributed by atoms with Crippen molar-refractivity contribution >= 4 is 0 Å². The lowest BCUT2D eigenvalue weighted by Gasteiger charge is -2.27. The first-order chi connectivity index (χ1) is 11.1. The zero-order chi connectivity index (χ0) is 16.5. The zero-order valence-electron chi connectivity index (χ0n) is 14.5. The van der Waals surface area contributed by atoms with Crippen molar-refractivity contribution in [1.82, 2.24) is 9.80 Å². The smallest absolute Gasteiger partial charge is 0.0230 e. The summed E-state index contributed by atoms with van der Waals surface area (Å²) in [6.07, 6.45) is 2.18. The molecule has 1 atom stereocenters. The number of rotatable bonds is 9. The molecule has 0 bridgehead atoms. The van der Waals surface area contributed by atoms with E-state index < -0.39 is 0 Å². The molecule has 0 saturated carbocycles. The molecule has 2 aromatic carbocycles. The monoisotopic (exact) mass is 309 g/mol. The summed E-state index contributed by atoms with van der Waals surface area (Å²) >= 11 is 0. The van der Waals surface area contributed by atoms with Crippen LogP contribution in [0.3, 0.4) is 0 Å². The molecule has 0 N–H and O–H groups in total. The van der Waals surface area contributed by atoms with Crippen molar-refractivity contribution in [3.05, 3.63) is 78.7 Å². The summed E-state index contributed by atoms with van der Waals surface area (Å²) in [5, 5.41) is 0. The molecule has 0 spiro atoms. The molecule has 2 rings (SSSR count). The fraction of sp³-hybridized carbons (Fsp3) is 0.381. The maximum absolute atomic E-state index is 4.33. The topological polar surface area (TPSA) is 6.48 Å². The molecule has 123 valence electrons. The first-order valence-electron chi connectivity index (χ1n) is 8.45. The number of nitrogens with zero attached hydrogens (tertiary/aromatic N) is 2. The van der Waals surface area contributed by atoms with Gasteiger partial charge in [0, 0.05) is 19.1 Å². The molecule has 23 heavy (non-hydrogen) atoms. The lowest BCUT2D eigenvalue weighted by Crippen LogP contribution is -2.34. The molecule has 2 heteroatoms. The second-order valence-corrected chi connectivity index (χ2v) is 6.38. The molecule has 0 amide bonds. The van der Waals surface area contributed by atoms with Crippen LogP contribution in [0.4, 0.5) is 0 Å². The molecule has 0 aliphatic heterocycles. The van der Waals surface area contributed by atoms with Crippen molar-refractivity contribution in [3.8, 4) is 0 Å². The van der Waals surface area contributed by atoms with Gasteiger partial charge in [0.15, 0.2) is 0 Å². The average Bonchev–Trinajstić information content (AvgIpc) is 2.59. The third-order valence-corrected chi connectivity index (χ3v) is 4.36. The van der Waals surface area contributed by atoms with Crippen LogP contribution in [0.1, 0.15) is 17.5 Å². The Kier molecular flexibility index (Phi) is 7.31. The molecule has 0 fully saturated rings. The third kappa shape index (κ3) is 6.55. The first-order valence-corrected chi connectivity index (χ1v) is 8.45. The Balaban J connectivity index is 1.68. The van der Waals surface area contributed by atoms with Crippen LogP contribution in [-0.4, -0.2) is 43.0 Å². The Morgan fingerprint density at radius 1 is 0.826 bits per heavy atom. The Labute approximate surface area is 141 Å². The van der Waals surface area contributed by atoms with Gasteiger partial charge < -0.3 is 9.80 Å². The van der Waals surface area contributed by atoms with Gasteiger partial charge in [-0.05, 0) is 51.5 Å². The molecular formula is C21H29N2. The minimum atomic E-state index is 0.358. The maximum Gasteiger partial charge on any atom is 0.0230 e. The normalized spacial score (nSPS) is 12.7. The summed E-state index contributed by atoms with van der Waals surface area (Å²) in [5.74, 6) is 0. The largest absolute Gasteiger partial charge is 0.303 e. The molecule has 1 unspecified atom stereocenters. The van der Waals surface area contributed by atoms with E-state index in [2.05, 4.69) is 91.5 Å². The maximum atomic E-state index is 4.33. The predicted octanol–water partition coefficient (Wildman–Crippen LogP) is 3.89. The van der Waals surface area contributed by atoms with Crippen molar-refractivity contribution in [2.45, 2.75) is 25.4 Å². The molecule has 1 radical (unpaired) electrons. The van der Waals surface area contributed by atoms with Crippen molar-refractivity contribution in [3.63, 3.8) is 0 Å². The molecule has 2 aromatic rings. The summed E-state index contributed by atoms with van der Waals surface area (Å²) in [4.78, 5) is 4.74. The Morgan fingerprint density at radius 2 is 1.39 bits per heavy atom. The van der Waals surface area contributed by atoms with Gasteiger partial charge in [0.05, 0.1) is 0 Å². The van der Waals surface area contributed by atoms with E-state index in [0.29, 0.717) is 6.04 Å². The number of hydrogen-bond acceptors (Lipinski definition) is 2. The van der Waals surface area contributed by atoms with Crippen molar-refractivity contribution in [2.75, 3.05) is 27.2 Å². The zero-order valence-corrected chi connectivity index (χ0v) is 14.5. The SMILES string of the molecule is [CH2]C(CCN(C)Cc1ccccc1)N(C)CCc1ccccc1. The fourth-order valence-electron chi connectivity index (χ4n) is 2.70. The Hall–Kier alpha value is -1.64. The average molecular weight is 309 g/mol. The number of hydrogen-bond donors (Lipinski definition) is 0. The third-order valence-electron chi connectivity index (χ3n) is 4.36. The van der Waals surface area contributed by atoms with E-state index >= 15 is 0 Å². The van der Waals surface area contributed by atoms with E-state index in [1.807, 2.05) is 0 Å². The van der Waals surface area contributed by atoms with Gasteiger partial charge >= 0.3 is 0 Å². The van der Waals surface area contributed by atoms with E-state index in [4.69, 9.17) is 0 Å². The minimum Gasteiger partial charge on any atom is -0.303 e. The second kappa shape index (κ2) is 9.49.